The third kappa shape index (κ3) is 3.36. The third-order valence-corrected chi connectivity index (χ3v) is 6.41. The number of aromatic nitrogens is 1. The van der Waals surface area contributed by atoms with Crippen LogP contribution in [0.15, 0.2) is 31.5 Å². The van der Waals surface area contributed by atoms with Crippen LogP contribution in [-0.2, 0) is 10.0 Å². The van der Waals surface area contributed by atoms with Crippen molar-refractivity contribution in [2.75, 3.05) is 4.72 Å². The first-order valence-corrected chi connectivity index (χ1v) is 9.09. The lowest BCUT2D eigenvalue weighted by atomic mass is 10.3. The van der Waals surface area contributed by atoms with E-state index < -0.39 is 10.0 Å². The molecule has 0 radical (unpaired) electrons. The zero-order chi connectivity index (χ0) is 14.2. The monoisotopic (exact) mass is 424 g/mol. The van der Waals surface area contributed by atoms with Crippen LogP contribution in [0.5, 0.6) is 0 Å². The maximum atomic E-state index is 12.3. The second-order valence-electron chi connectivity index (χ2n) is 3.90. The van der Waals surface area contributed by atoms with Crippen LogP contribution in [-0.4, -0.2) is 13.4 Å². The summed E-state index contributed by atoms with van der Waals surface area (Å²) in [5, 5.41) is 0. The highest BCUT2D eigenvalue weighted by atomic mass is 79.9. The Morgan fingerprint density at radius 2 is 1.95 bits per heavy atom. The average Bonchev–Trinajstić information content (AvgIpc) is 2.63. The number of sulfonamides is 1. The minimum atomic E-state index is -3.60. The Hall–Kier alpha value is -0.440. The highest BCUT2D eigenvalue weighted by Gasteiger charge is 2.20. The molecule has 0 spiro atoms. The highest BCUT2D eigenvalue weighted by Crippen LogP contribution is 2.30. The number of halogens is 2. The van der Waals surface area contributed by atoms with Crippen molar-refractivity contribution in [3.63, 3.8) is 0 Å². The smallest absolute Gasteiger partial charge is 0.263 e. The van der Waals surface area contributed by atoms with Crippen molar-refractivity contribution in [2.45, 2.75) is 18.7 Å². The van der Waals surface area contributed by atoms with Crippen molar-refractivity contribution < 1.29 is 8.42 Å². The second-order valence-corrected chi connectivity index (χ2v) is 9.04. The van der Waals surface area contributed by atoms with Gasteiger partial charge in [0.2, 0.25) is 0 Å². The standard InChI is InChI=1S/C11H10Br2N2O2S2/c1-6-3-11(14-5-8(6)12)15-19(16,17)9-4-10(13)18-7(9)2/h3-5H,1-2H3,(H,14,15). The van der Waals surface area contributed by atoms with Crippen LogP contribution in [0.1, 0.15) is 10.4 Å². The summed E-state index contributed by atoms with van der Waals surface area (Å²) in [6.45, 7) is 3.64. The van der Waals surface area contributed by atoms with E-state index in [1.54, 1.807) is 25.3 Å². The molecule has 2 aromatic rings. The minimum absolute atomic E-state index is 0.270. The van der Waals surface area contributed by atoms with Crippen LogP contribution < -0.4 is 4.72 Å². The summed E-state index contributed by atoms with van der Waals surface area (Å²) in [6, 6.07) is 3.27. The number of hydrogen-bond donors (Lipinski definition) is 1. The third-order valence-electron chi connectivity index (χ3n) is 2.42. The molecule has 0 aliphatic rings. The molecule has 2 aromatic heterocycles. The van der Waals surface area contributed by atoms with Gasteiger partial charge in [0.15, 0.2) is 0 Å². The van der Waals surface area contributed by atoms with E-state index in [4.69, 9.17) is 0 Å². The van der Waals surface area contributed by atoms with Crippen LogP contribution in [0, 0.1) is 13.8 Å². The molecule has 8 heteroatoms. The van der Waals surface area contributed by atoms with Gasteiger partial charge in [0, 0.05) is 15.5 Å². The molecule has 2 rings (SSSR count). The number of rotatable bonds is 3. The Labute approximate surface area is 132 Å². The molecule has 0 aliphatic carbocycles. The molecule has 1 N–H and O–H groups in total. The zero-order valence-electron chi connectivity index (χ0n) is 10.1. The van der Waals surface area contributed by atoms with Crippen molar-refractivity contribution in [1.29, 1.82) is 0 Å². The van der Waals surface area contributed by atoms with Gasteiger partial charge < -0.3 is 0 Å². The van der Waals surface area contributed by atoms with Gasteiger partial charge >= 0.3 is 0 Å². The van der Waals surface area contributed by atoms with Crippen LogP contribution in [0.4, 0.5) is 5.82 Å². The number of thiophene rings is 1. The Morgan fingerprint density at radius 3 is 2.47 bits per heavy atom. The van der Waals surface area contributed by atoms with Gasteiger partial charge in [0.05, 0.1) is 3.79 Å². The van der Waals surface area contributed by atoms with E-state index >= 15 is 0 Å². The molecule has 0 aliphatic heterocycles. The molecule has 0 saturated carbocycles. The summed E-state index contributed by atoms with van der Waals surface area (Å²) in [5.74, 6) is 0.308. The second kappa shape index (κ2) is 5.51. The van der Waals surface area contributed by atoms with E-state index in [0.717, 1.165) is 18.7 Å². The number of pyridine rings is 1. The number of nitrogens with one attached hydrogen (secondary N) is 1. The molecule has 4 nitrogen and oxygen atoms in total. The fraction of sp³-hybridized carbons (Fsp3) is 0.182. The van der Waals surface area contributed by atoms with Gasteiger partial charge in [-0.3, -0.25) is 4.72 Å². The van der Waals surface area contributed by atoms with Crippen molar-refractivity contribution in [2.24, 2.45) is 0 Å². The quantitative estimate of drug-likeness (QED) is 0.805. The number of aryl methyl sites for hydroxylation is 2. The summed E-state index contributed by atoms with van der Waals surface area (Å²) >= 11 is 7.99. The largest absolute Gasteiger partial charge is 0.264 e. The molecule has 102 valence electrons. The molecule has 0 bridgehead atoms. The maximum Gasteiger partial charge on any atom is 0.264 e. The first kappa shape index (κ1) is 15.0. The van der Waals surface area contributed by atoms with E-state index in [0.29, 0.717) is 5.82 Å². The van der Waals surface area contributed by atoms with E-state index in [1.807, 2.05) is 6.92 Å². The average molecular weight is 426 g/mol. The molecule has 0 fully saturated rings. The predicted molar refractivity (Wildman–Crippen MR) is 84.2 cm³/mol. The van der Waals surface area contributed by atoms with Gasteiger partial charge in [0.25, 0.3) is 10.0 Å². The van der Waals surface area contributed by atoms with Gasteiger partial charge in [0.1, 0.15) is 10.7 Å². The Morgan fingerprint density at radius 1 is 1.26 bits per heavy atom. The van der Waals surface area contributed by atoms with E-state index in [1.165, 1.54) is 11.3 Å². The summed E-state index contributed by atoms with van der Waals surface area (Å²) in [6.07, 6.45) is 1.57. The Balaban J connectivity index is 2.36. The first-order chi connectivity index (χ1) is 8.79. The number of anilines is 1. The lowest BCUT2D eigenvalue weighted by molar-refractivity contribution is 0.601. The Kier molecular flexibility index (Phi) is 4.34. The molecular weight excluding hydrogens is 416 g/mol. The van der Waals surface area contributed by atoms with E-state index in [9.17, 15) is 8.42 Å². The molecule has 0 amide bonds. The fourth-order valence-corrected chi connectivity index (χ4v) is 5.12. The predicted octanol–water partition coefficient (Wildman–Crippen LogP) is 4.09. The summed E-state index contributed by atoms with van der Waals surface area (Å²) in [7, 11) is -3.60. The molecular formula is C11H10Br2N2O2S2. The number of hydrogen-bond acceptors (Lipinski definition) is 4. The van der Waals surface area contributed by atoms with Gasteiger partial charge in [-0.15, -0.1) is 11.3 Å². The summed E-state index contributed by atoms with van der Waals surface area (Å²) < 4.78 is 28.6. The molecule has 19 heavy (non-hydrogen) atoms. The molecule has 0 aromatic carbocycles. The zero-order valence-corrected chi connectivity index (χ0v) is 14.9. The van der Waals surface area contributed by atoms with Crippen LogP contribution in [0.25, 0.3) is 0 Å². The summed E-state index contributed by atoms with van der Waals surface area (Å²) in [5.41, 5.74) is 0.913. The van der Waals surface area contributed by atoms with Crippen LogP contribution in [0.2, 0.25) is 0 Å². The number of nitrogens with zero attached hydrogens (tertiary/aromatic N) is 1. The van der Waals surface area contributed by atoms with Crippen LogP contribution in [0.3, 0.4) is 0 Å². The van der Waals surface area contributed by atoms with Gasteiger partial charge in [-0.1, -0.05) is 0 Å². The highest BCUT2D eigenvalue weighted by molar-refractivity contribution is 9.11. The Bertz CT molecular complexity index is 726. The molecule has 0 atom stereocenters. The van der Waals surface area contributed by atoms with Crippen molar-refractivity contribution in [3.05, 3.63) is 37.0 Å². The SMILES string of the molecule is Cc1cc(NS(=O)(=O)c2cc(Br)sc2C)ncc1Br. The maximum absolute atomic E-state index is 12.3. The minimum Gasteiger partial charge on any atom is -0.263 e. The van der Waals surface area contributed by atoms with Crippen molar-refractivity contribution >= 4 is 59.0 Å². The molecule has 2 heterocycles. The van der Waals surface area contributed by atoms with Crippen molar-refractivity contribution in [3.8, 4) is 0 Å². The van der Waals surface area contributed by atoms with E-state index in [2.05, 4.69) is 41.6 Å². The van der Waals surface area contributed by atoms with E-state index in [-0.39, 0.29) is 4.90 Å². The van der Waals surface area contributed by atoms with Gasteiger partial charge in [-0.05, 0) is 63.4 Å². The lowest BCUT2D eigenvalue weighted by Crippen LogP contribution is -2.14. The van der Waals surface area contributed by atoms with Crippen molar-refractivity contribution in [1.82, 2.24) is 4.98 Å². The first-order valence-electron chi connectivity index (χ1n) is 5.20. The summed E-state index contributed by atoms with van der Waals surface area (Å²) in [4.78, 5) is 5.04. The van der Waals surface area contributed by atoms with Crippen LogP contribution >= 0.6 is 43.2 Å². The topological polar surface area (TPSA) is 59.1 Å². The van der Waals surface area contributed by atoms with Gasteiger partial charge in [-0.2, -0.15) is 0 Å². The lowest BCUT2D eigenvalue weighted by Gasteiger charge is -2.08. The molecule has 0 unspecified atom stereocenters. The molecule has 0 saturated heterocycles. The normalized spacial score (nSPS) is 11.6. The van der Waals surface area contributed by atoms with Gasteiger partial charge in [-0.25, -0.2) is 13.4 Å². The fourth-order valence-electron chi connectivity index (χ4n) is 1.49.